The van der Waals surface area contributed by atoms with Gasteiger partial charge >= 0.3 is 0 Å². The van der Waals surface area contributed by atoms with Crippen LogP contribution in [0.5, 0.6) is 23.0 Å². The van der Waals surface area contributed by atoms with Crippen LogP contribution in [0.15, 0.2) is 24.3 Å². The van der Waals surface area contributed by atoms with Crippen LogP contribution in [0.3, 0.4) is 0 Å². The number of aryl methyl sites for hydroxylation is 4. The van der Waals surface area contributed by atoms with Crippen LogP contribution in [0.1, 0.15) is 22.3 Å². The Morgan fingerprint density at radius 2 is 0.810 bits per heavy atom. The third-order valence-corrected chi connectivity index (χ3v) is 3.60. The Hall–Kier alpha value is -2.16. The Balaban J connectivity index is 2.39. The second kappa shape index (κ2) is 6.08. The Morgan fingerprint density at radius 1 is 0.524 bits per heavy atom. The summed E-state index contributed by atoms with van der Waals surface area (Å²) in [5.41, 5.74) is 4.21. The molecule has 3 nitrogen and oxygen atoms in total. The number of methoxy groups -OCH3 is 2. The van der Waals surface area contributed by atoms with Gasteiger partial charge in [0, 0.05) is 0 Å². The maximum absolute atomic E-state index is 6.09. The van der Waals surface area contributed by atoms with E-state index < -0.39 is 0 Å². The van der Waals surface area contributed by atoms with Crippen molar-refractivity contribution in [1.29, 1.82) is 0 Å². The molecule has 0 saturated heterocycles. The van der Waals surface area contributed by atoms with Crippen LogP contribution in [0.2, 0.25) is 0 Å². The van der Waals surface area contributed by atoms with E-state index in [0.29, 0.717) is 0 Å². The number of benzene rings is 2. The molecule has 0 fully saturated rings. The molecule has 0 amide bonds. The zero-order chi connectivity index (χ0) is 15.6. The van der Waals surface area contributed by atoms with Crippen molar-refractivity contribution in [2.75, 3.05) is 14.2 Å². The van der Waals surface area contributed by atoms with E-state index in [9.17, 15) is 0 Å². The summed E-state index contributed by atoms with van der Waals surface area (Å²) in [6, 6.07) is 8.01. The smallest absolute Gasteiger partial charge is 0.130 e. The molecule has 0 bridgehead atoms. The topological polar surface area (TPSA) is 27.7 Å². The summed E-state index contributed by atoms with van der Waals surface area (Å²) in [7, 11) is 3.36. The minimum absolute atomic E-state index is 0.848. The van der Waals surface area contributed by atoms with Crippen molar-refractivity contribution in [1.82, 2.24) is 0 Å². The fourth-order valence-corrected chi connectivity index (χ4v) is 2.30. The summed E-state index contributed by atoms with van der Waals surface area (Å²) in [6.07, 6.45) is 0. The molecule has 2 aromatic rings. The van der Waals surface area contributed by atoms with E-state index in [-0.39, 0.29) is 0 Å². The first-order valence-electron chi connectivity index (χ1n) is 6.94. The molecule has 0 aliphatic heterocycles. The molecule has 0 atom stereocenters. The first-order valence-corrected chi connectivity index (χ1v) is 6.94. The molecule has 112 valence electrons. The van der Waals surface area contributed by atoms with Gasteiger partial charge in [-0.1, -0.05) is 0 Å². The van der Waals surface area contributed by atoms with Crippen molar-refractivity contribution in [3.63, 3.8) is 0 Å². The number of ether oxygens (including phenoxy) is 3. The van der Waals surface area contributed by atoms with Crippen LogP contribution < -0.4 is 14.2 Å². The van der Waals surface area contributed by atoms with Gasteiger partial charge < -0.3 is 14.2 Å². The molecule has 0 saturated carbocycles. The minimum Gasteiger partial charge on any atom is -0.496 e. The Labute approximate surface area is 126 Å². The third-order valence-electron chi connectivity index (χ3n) is 3.60. The molecule has 0 N–H and O–H groups in total. The standard InChI is InChI=1S/C18H22O3/c1-11-9-17(13(3)7-15(11)19-5)21-18-10-12(2)16(20-6)8-14(18)4/h7-10H,1-6H3. The summed E-state index contributed by atoms with van der Waals surface area (Å²) in [6.45, 7) is 8.06. The molecular weight excluding hydrogens is 264 g/mol. The van der Waals surface area contributed by atoms with Gasteiger partial charge in [0.25, 0.3) is 0 Å². The van der Waals surface area contributed by atoms with Crippen molar-refractivity contribution in [3.05, 3.63) is 46.5 Å². The van der Waals surface area contributed by atoms with E-state index in [2.05, 4.69) is 0 Å². The molecule has 0 radical (unpaired) electrons. The van der Waals surface area contributed by atoms with E-state index in [0.717, 1.165) is 45.3 Å². The van der Waals surface area contributed by atoms with Gasteiger partial charge in [0.1, 0.15) is 23.0 Å². The Morgan fingerprint density at radius 3 is 1.14 bits per heavy atom. The van der Waals surface area contributed by atoms with Gasteiger partial charge in [-0.3, -0.25) is 0 Å². The number of rotatable bonds is 4. The lowest BCUT2D eigenvalue weighted by Crippen LogP contribution is -1.96. The van der Waals surface area contributed by atoms with Crippen LogP contribution in [0.4, 0.5) is 0 Å². The highest BCUT2D eigenvalue weighted by molar-refractivity contribution is 5.50. The molecular formula is C18H22O3. The Bertz CT molecular complexity index is 602. The minimum atomic E-state index is 0.848. The number of hydrogen-bond donors (Lipinski definition) is 0. The average Bonchev–Trinajstić information content (AvgIpc) is 2.45. The largest absolute Gasteiger partial charge is 0.496 e. The molecule has 2 rings (SSSR count). The van der Waals surface area contributed by atoms with Crippen molar-refractivity contribution in [2.24, 2.45) is 0 Å². The monoisotopic (exact) mass is 286 g/mol. The van der Waals surface area contributed by atoms with E-state index in [1.54, 1.807) is 14.2 Å². The molecule has 0 aliphatic carbocycles. The van der Waals surface area contributed by atoms with Crippen molar-refractivity contribution >= 4 is 0 Å². The maximum Gasteiger partial charge on any atom is 0.130 e. The molecule has 0 aromatic heterocycles. The fraction of sp³-hybridized carbons (Fsp3) is 0.333. The lowest BCUT2D eigenvalue weighted by atomic mass is 10.1. The summed E-state index contributed by atoms with van der Waals surface area (Å²) in [4.78, 5) is 0. The first kappa shape index (κ1) is 15.2. The molecule has 0 unspecified atom stereocenters. The van der Waals surface area contributed by atoms with Crippen LogP contribution in [0.25, 0.3) is 0 Å². The quantitative estimate of drug-likeness (QED) is 0.813. The molecule has 3 heteroatoms. The van der Waals surface area contributed by atoms with Crippen LogP contribution in [-0.4, -0.2) is 14.2 Å². The van der Waals surface area contributed by atoms with Gasteiger partial charge in [-0.15, -0.1) is 0 Å². The summed E-state index contributed by atoms with van der Waals surface area (Å²) in [5.74, 6) is 3.45. The van der Waals surface area contributed by atoms with Gasteiger partial charge in [-0.2, -0.15) is 0 Å². The van der Waals surface area contributed by atoms with E-state index in [1.165, 1.54) is 0 Å². The van der Waals surface area contributed by atoms with Gasteiger partial charge in [0.15, 0.2) is 0 Å². The van der Waals surface area contributed by atoms with Crippen molar-refractivity contribution in [3.8, 4) is 23.0 Å². The summed E-state index contributed by atoms with van der Waals surface area (Å²) in [5, 5.41) is 0. The van der Waals surface area contributed by atoms with Crippen molar-refractivity contribution in [2.45, 2.75) is 27.7 Å². The third kappa shape index (κ3) is 3.13. The zero-order valence-electron chi connectivity index (χ0n) is 13.5. The van der Waals surface area contributed by atoms with E-state index in [4.69, 9.17) is 14.2 Å². The first-order chi connectivity index (χ1) is 9.96. The normalized spacial score (nSPS) is 10.4. The van der Waals surface area contributed by atoms with Crippen LogP contribution in [-0.2, 0) is 0 Å². The zero-order valence-corrected chi connectivity index (χ0v) is 13.5. The van der Waals surface area contributed by atoms with E-state index >= 15 is 0 Å². The maximum atomic E-state index is 6.09. The molecule has 0 spiro atoms. The second-order valence-electron chi connectivity index (χ2n) is 5.28. The van der Waals surface area contributed by atoms with Crippen LogP contribution >= 0.6 is 0 Å². The fourth-order valence-electron chi connectivity index (χ4n) is 2.30. The average molecular weight is 286 g/mol. The van der Waals surface area contributed by atoms with Crippen molar-refractivity contribution < 1.29 is 14.2 Å². The van der Waals surface area contributed by atoms with Gasteiger partial charge in [0.05, 0.1) is 14.2 Å². The lowest BCUT2D eigenvalue weighted by molar-refractivity contribution is 0.406. The molecule has 2 aromatic carbocycles. The predicted octanol–water partition coefficient (Wildman–Crippen LogP) is 4.73. The highest BCUT2D eigenvalue weighted by Gasteiger charge is 2.10. The predicted molar refractivity (Wildman–Crippen MR) is 85.0 cm³/mol. The molecule has 21 heavy (non-hydrogen) atoms. The lowest BCUT2D eigenvalue weighted by Gasteiger charge is -2.15. The number of hydrogen-bond acceptors (Lipinski definition) is 3. The second-order valence-corrected chi connectivity index (χ2v) is 5.28. The van der Waals surface area contributed by atoms with Gasteiger partial charge in [0.2, 0.25) is 0 Å². The Kier molecular flexibility index (Phi) is 4.41. The van der Waals surface area contributed by atoms with Crippen LogP contribution in [0, 0.1) is 27.7 Å². The SMILES string of the molecule is COc1cc(C)c(Oc2cc(C)c(OC)cc2C)cc1C. The van der Waals surface area contributed by atoms with Gasteiger partial charge in [-0.05, 0) is 74.2 Å². The summed E-state index contributed by atoms with van der Waals surface area (Å²) < 4.78 is 16.8. The van der Waals surface area contributed by atoms with E-state index in [1.807, 2.05) is 52.0 Å². The molecule has 0 aliphatic rings. The highest BCUT2D eigenvalue weighted by Crippen LogP contribution is 2.35. The summed E-state index contributed by atoms with van der Waals surface area (Å²) >= 11 is 0. The molecule has 0 heterocycles. The highest BCUT2D eigenvalue weighted by atomic mass is 16.5. The van der Waals surface area contributed by atoms with Gasteiger partial charge in [-0.25, -0.2) is 0 Å².